The molecule has 0 aliphatic carbocycles. The van der Waals surface area contributed by atoms with Gasteiger partial charge >= 0.3 is 5.97 Å². The van der Waals surface area contributed by atoms with E-state index in [0.29, 0.717) is 23.6 Å². The number of nitrogen functional groups attached to an aromatic ring is 1. The average molecular weight is 418 g/mol. The minimum absolute atomic E-state index is 0.0488. The van der Waals surface area contributed by atoms with Crippen LogP contribution in [0.4, 0.5) is 5.82 Å². The number of hydrogen-bond donors (Lipinski definition) is 2. The van der Waals surface area contributed by atoms with E-state index in [1.165, 1.54) is 0 Å². The first-order valence-electron chi connectivity index (χ1n) is 9.11. The Labute approximate surface area is 167 Å². The second kappa shape index (κ2) is 6.85. The van der Waals surface area contributed by atoms with Gasteiger partial charge < -0.3 is 15.4 Å². The summed E-state index contributed by atoms with van der Waals surface area (Å²) in [4.78, 5) is 16.2. The van der Waals surface area contributed by atoms with Crippen LogP contribution in [-0.4, -0.2) is 61.8 Å². The molecule has 3 aromatic rings. The van der Waals surface area contributed by atoms with Crippen molar-refractivity contribution in [3.05, 3.63) is 36.4 Å². The van der Waals surface area contributed by atoms with E-state index in [2.05, 4.69) is 5.10 Å². The van der Waals surface area contributed by atoms with Crippen LogP contribution >= 0.6 is 0 Å². The van der Waals surface area contributed by atoms with Crippen molar-refractivity contribution in [1.29, 1.82) is 0 Å². The van der Waals surface area contributed by atoms with Crippen LogP contribution in [0.5, 0.6) is 0 Å². The minimum Gasteiger partial charge on any atom is -0.480 e. The van der Waals surface area contributed by atoms with Gasteiger partial charge in [0.25, 0.3) is 0 Å². The molecule has 0 amide bonds. The van der Waals surface area contributed by atoms with Crippen LogP contribution in [0.2, 0.25) is 0 Å². The number of nitrogens with zero attached hydrogens (tertiary/aromatic N) is 5. The van der Waals surface area contributed by atoms with Crippen molar-refractivity contribution in [2.75, 3.05) is 18.5 Å². The van der Waals surface area contributed by atoms with Crippen molar-refractivity contribution >= 4 is 27.5 Å². The van der Waals surface area contributed by atoms with Crippen molar-refractivity contribution in [3.63, 3.8) is 0 Å². The Morgan fingerprint density at radius 2 is 2.10 bits per heavy atom. The van der Waals surface area contributed by atoms with Crippen molar-refractivity contribution in [2.45, 2.75) is 24.8 Å². The van der Waals surface area contributed by atoms with E-state index >= 15 is 0 Å². The van der Waals surface area contributed by atoms with E-state index in [4.69, 9.17) is 10.7 Å². The lowest BCUT2D eigenvalue weighted by molar-refractivity contribution is -0.142. The topological polar surface area (TPSA) is 136 Å². The fraction of sp³-hybridized carbons (Fsp3) is 0.389. The van der Waals surface area contributed by atoms with Crippen LogP contribution in [0.3, 0.4) is 0 Å². The molecule has 29 heavy (non-hydrogen) atoms. The summed E-state index contributed by atoms with van der Waals surface area (Å²) in [5.74, 6) is -1.01. The number of rotatable bonds is 4. The second-order valence-electron chi connectivity index (χ2n) is 7.43. The van der Waals surface area contributed by atoms with Gasteiger partial charge in [-0.1, -0.05) is 0 Å². The molecule has 2 unspecified atom stereocenters. The number of aromatic nitrogens is 4. The first kappa shape index (κ1) is 19.4. The largest absolute Gasteiger partial charge is 0.480 e. The summed E-state index contributed by atoms with van der Waals surface area (Å²) in [6, 6.07) is 2.57. The Morgan fingerprint density at radius 1 is 1.34 bits per heavy atom. The predicted molar refractivity (Wildman–Crippen MR) is 107 cm³/mol. The van der Waals surface area contributed by atoms with Crippen LogP contribution in [0.15, 0.2) is 30.7 Å². The number of carbonyl (C=O) groups is 1. The first-order valence-corrected chi connectivity index (χ1v) is 11.0. The van der Waals surface area contributed by atoms with E-state index in [9.17, 15) is 18.3 Å². The number of carboxylic acid groups (broad SMARTS) is 1. The van der Waals surface area contributed by atoms with Gasteiger partial charge in [-0.25, -0.2) is 13.4 Å². The molecule has 1 saturated heterocycles. The molecule has 0 spiro atoms. The van der Waals surface area contributed by atoms with Crippen LogP contribution in [-0.2, 0) is 21.9 Å². The Morgan fingerprint density at radius 3 is 2.72 bits per heavy atom. The number of sulfonamides is 1. The fourth-order valence-electron chi connectivity index (χ4n) is 3.87. The minimum atomic E-state index is -3.68. The maximum atomic E-state index is 12.2. The number of anilines is 1. The zero-order chi connectivity index (χ0) is 20.9. The molecule has 11 heteroatoms. The van der Waals surface area contributed by atoms with Gasteiger partial charge in [0.15, 0.2) is 5.65 Å². The van der Waals surface area contributed by atoms with Gasteiger partial charge in [0.05, 0.1) is 18.1 Å². The van der Waals surface area contributed by atoms with E-state index in [0.717, 1.165) is 21.7 Å². The standard InChI is InChI=1S/C18H22N6O4S/c1-22-6-5-11(9-22)13-8-20-24-16(19)7-14(21-17(13)24)12-3-4-15(18(25)26)23(10-12)29(2,27)28/h5-9,12,15H,3-4,10,19H2,1-2H3,(H,25,26). The molecule has 10 nitrogen and oxygen atoms in total. The molecule has 1 aliphatic heterocycles. The van der Waals surface area contributed by atoms with Gasteiger partial charge in [-0.2, -0.15) is 13.9 Å². The zero-order valence-electron chi connectivity index (χ0n) is 16.1. The summed E-state index contributed by atoms with van der Waals surface area (Å²) < 4.78 is 28.8. The summed E-state index contributed by atoms with van der Waals surface area (Å²) in [6.45, 7) is 0.0488. The molecule has 1 aliphatic rings. The van der Waals surface area contributed by atoms with Gasteiger partial charge in [0.2, 0.25) is 10.0 Å². The van der Waals surface area contributed by atoms with Crippen LogP contribution in [0.25, 0.3) is 16.8 Å². The number of piperidine rings is 1. The quantitative estimate of drug-likeness (QED) is 0.643. The van der Waals surface area contributed by atoms with Crippen LogP contribution in [0, 0.1) is 0 Å². The van der Waals surface area contributed by atoms with Gasteiger partial charge in [-0.15, -0.1) is 0 Å². The molecule has 3 aromatic heterocycles. The average Bonchev–Trinajstić information content (AvgIpc) is 3.26. The Hall–Kier alpha value is -2.92. The number of carboxylic acids is 1. The van der Waals surface area contributed by atoms with Gasteiger partial charge in [0, 0.05) is 49.1 Å². The van der Waals surface area contributed by atoms with Gasteiger partial charge in [-0.3, -0.25) is 4.79 Å². The Balaban J connectivity index is 1.75. The van der Waals surface area contributed by atoms with Gasteiger partial charge in [0.1, 0.15) is 11.9 Å². The lowest BCUT2D eigenvalue weighted by Gasteiger charge is -2.35. The van der Waals surface area contributed by atoms with Crippen molar-refractivity contribution < 1.29 is 18.3 Å². The summed E-state index contributed by atoms with van der Waals surface area (Å²) in [5, 5.41) is 13.7. The molecule has 2 atom stereocenters. The van der Waals surface area contributed by atoms with Crippen molar-refractivity contribution in [3.8, 4) is 11.1 Å². The SMILES string of the molecule is Cn1ccc(-c2cnn3c(N)cc(C4CCC(C(=O)O)N(S(C)(=O)=O)C4)nc23)c1. The highest BCUT2D eigenvalue weighted by atomic mass is 32.2. The van der Waals surface area contributed by atoms with Crippen molar-refractivity contribution in [2.24, 2.45) is 7.05 Å². The summed E-state index contributed by atoms with van der Waals surface area (Å²) in [5.41, 5.74) is 9.16. The molecular formula is C18H22N6O4S. The highest BCUT2D eigenvalue weighted by Crippen LogP contribution is 2.33. The summed E-state index contributed by atoms with van der Waals surface area (Å²) in [7, 11) is -1.76. The maximum absolute atomic E-state index is 12.2. The molecule has 0 radical (unpaired) electrons. The monoisotopic (exact) mass is 418 g/mol. The summed E-state index contributed by atoms with van der Waals surface area (Å²) in [6.07, 6.45) is 7.31. The summed E-state index contributed by atoms with van der Waals surface area (Å²) >= 11 is 0. The molecule has 0 bridgehead atoms. The lowest BCUT2D eigenvalue weighted by Crippen LogP contribution is -2.49. The van der Waals surface area contributed by atoms with Crippen molar-refractivity contribution in [1.82, 2.24) is 23.5 Å². The molecule has 3 N–H and O–H groups in total. The van der Waals surface area contributed by atoms with Crippen LogP contribution < -0.4 is 5.73 Å². The van der Waals surface area contributed by atoms with Crippen LogP contribution in [0.1, 0.15) is 24.5 Å². The molecule has 1 fully saturated rings. The highest BCUT2D eigenvalue weighted by Gasteiger charge is 2.39. The maximum Gasteiger partial charge on any atom is 0.322 e. The third-order valence-electron chi connectivity index (χ3n) is 5.33. The number of hydrogen-bond acceptors (Lipinski definition) is 6. The number of fused-ring (bicyclic) bond motifs is 1. The molecule has 4 heterocycles. The molecule has 0 saturated carbocycles. The third kappa shape index (κ3) is 3.47. The fourth-order valence-corrected chi connectivity index (χ4v) is 4.98. The Kier molecular flexibility index (Phi) is 4.58. The normalized spacial score (nSPS) is 20.9. The number of aliphatic carboxylic acids is 1. The second-order valence-corrected chi connectivity index (χ2v) is 9.36. The molecular weight excluding hydrogens is 396 g/mol. The van der Waals surface area contributed by atoms with E-state index in [1.54, 1.807) is 16.8 Å². The predicted octanol–water partition coefficient (Wildman–Crippen LogP) is 0.909. The van der Waals surface area contributed by atoms with Gasteiger partial charge in [-0.05, 0) is 18.9 Å². The Bertz CT molecular complexity index is 1200. The zero-order valence-corrected chi connectivity index (χ0v) is 16.9. The lowest BCUT2D eigenvalue weighted by atomic mass is 9.91. The third-order valence-corrected chi connectivity index (χ3v) is 6.58. The smallest absolute Gasteiger partial charge is 0.322 e. The van der Waals surface area contributed by atoms with E-state index < -0.39 is 22.0 Å². The number of aryl methyl sites for hydroxylation is 1. The molecule has 154 valence electrons. The molecule has 0 aromatic carbocycles. The van der Waals surface area contributed by atoms with E-state index in [1.807, 2.05) is 30.1 Å². The van der Waals surface area contributed by atoms with E-state index in [-0.39, 0.29) is 18.9 Å². The highest BCUT2D eigenvalue weighted by molar-refractivity contribution is 7.88. The molecule has 4 rings (SSSR count). The first-order chi connectivity index (χ1) is 13.6. The number of nitrogens with two attached hydrogens (primary N) is 1.